The lowest BCUT2D eigenvalue weighted by Gasteiger charge is -2.06. The average molecular weight is 412 g/mol. The van der Waals surface area contributed by atoms with Gasteiger partial charge in [0.2, 0.25) is 0 Å². The van der Waals surface area contributed by atoms with Crippen molar-refractivity contribution in [3.05, 3.63) is 102 Å². The van der Waals surface area contributed by atoms with Crippen LogP contribution in [-0.2, 0) is 6.42 Å². The molecule has 3 aromatic carbocycles. The van der Waals surface area contributed by atoms with Gasteiger partial charge in [-0.1, -0.05) is 85.6 Å². The molecule has 30 heavy (non-hydrogen) atoms. The summed E-state index contributed by atoms with van der Waals surface area (Å²) in [7, 11) is 0. The highest BCUT2D eigenvalue weighted by Gasteiger charge is 2.21. The molecule has 0 fully saturated rings. The van der Waals surface area contributed by atoms with E-state index in [1.54, 1.807) is 0 Å². The number of thiol groups is 1. The minimum atomic E-state index is 0.929. The first-order chi connectivity index (χ1) is 14.8. The normalized spacial score (nSPS) is 13.3. The van der Waals surface area contributed by atoms with Crippen molar-refractivity contribution in [2.45, 2.75) is 43.4 Å². The predicted molar refractivity (Wildman–Crippen MR) is 130 cm³/mol. The van der Waals surface area contributed by atoms with E-state index in [9.17, 15) is 0 Å². The first-order valence-electron chi connectivity index (χ1n) is 10.7. The van der Waals surface area contributed by atoms with Gasteiger partial charge >= 0.3 is 0 Å². The Bertz CT molecular complexity index is 1020. The van der Waals surface area contributed by atoms with Gasteiger partial charge in [0.05, 0.1) is 11.4 Å². The Morgan fingerprint density at radius 2 is 1.23 bits per heavy atom. The van der Waals surface area contributed by atoms with Gasteiger partial charge in [0.15, 0.2) is 0 Å². The van der Waals surface area contributed by atoms with Crippen LogP contribution in [0.4, 0.5) is 0 Å². The quantitative estimate of drug-likeness (QED) is 0.289. The van der Waals surface area contributed by atoms with Crippen LogP contribution in [0.15, 0.2) is 94.8 Å². The molecule has 0 N–H and O–H groups in total. The molecule has 0 aliphatic carbocycles. The minimum absolute atomic E-state index is 0.929. The van der Waals surface area contributed by atoms with Crippen molar-refractivity contribution in [1.82, 2.24) is 5.32 Å². The number of hydrogen-bond acceptors (Lipinski definition) is 2. The van der Waals surface area contributed by atoms with Crippen LogP contribution in [0, 0.1) is 0 Å². The van der Waals surface area contributed by atoms with Crippen molar-refractivity contribution in [2.24, 2.45) is 4.99 Å². The Morgan fingerprint density at radius 3 is 1.90 bits per heavy atom. The van der Waals surface area contributed by atoms with Crippen LogP contribution < -0.4 is 5.32 Å². The molecule has 1 heterocycles. The second-order valence-corrected chi connectivity index (χ2v) is 8.17. The number of hydrogen-bond donors (Lipinski definition) is 1. The minimum Gasteiger partial charge on any atom is -0.231 e. The molecule has 4 rings (SSSR count). The van der Waals surface area contributed by atoms with Crippen LogP contribution in [0.1, 0.15) is 48.8 Å². The summed E-state index contributed by atoms with van der Waals surface area (Å²) in [6.45, 7) is 0. The molecule has 2 nitrogen and oxygen atoms in total. The van der Waals surface area contributed by atoms with Gasteiger partial charge in [-0.3, -0.25) is 0 Å². The maximum atomic E-state index is 4.91. The van der Waals surface area contributed by atoms with E-state index in [0.717, 1.165) is 52.5 Å². The topological polar surface area (TPSA) is 26.5 Å². The molecule has 1 radical (unpaired) electrons. The summed E-state index contributed by atoms with van der Waals surface area (Å²) in [4.78, 5) is 5.96. The maximum absolute atomic E-state index is 4.91. The van der Waals surface area contributed by atoms with E-state index in [0.29, 0.717) is 0 Å². The molecular weight excluding hydrogens is 384 g/mol. The third-order valence-corrected chi connectivity index (χ3v) is 5.61. The Kier molecular flexibility index (Phi) is 7.04. The summed E-state index contributed by atoms with van der Waals surface area (Å²) in [6, 6.07) is 29.2. The molecule has 3 heteroatoms. The molecule has 0 atom stereocenters. The number of unbranched alkanes of at least 4 members (excludes halogenated alkanes) is 3. The van der Waals surface area contributed by atoms with E-state index in [4.69, 9.17) is 10.3 Å². The molecule has 0 saturated carbocycles. The number of aliphatic imine (C=N–C) groups is 1. The van der Waals surface area contributed by atoms with E-state index in [1.807, 2.05) is 18.2 Å². The maximum Gasteiger partial charge on any atom is 0.129 e. The second-order valence-electron chi connectivity index (χ2n) is 7.65. The molecule has 0 spiro atoms. The second kappa shape index (κ2) is 10.3. The molecule has 0 amide bonds. The molecule has 0 aromatic heterocycles. The number of nitrogens with zero attached hydrogens (tertiary/aromatic N) is 2. The predicted octanol–water partition coefficient (Wildman–Crippen LogP) is 7.01. The Labute approximate surface area is 185 Å². The van der Waals surface area contributed by atoms with Crippen molar-refractivity contribution < 1.29 is 0 Å². The molecular formula is C27H27N2S. The molecule has 0 bridgehead atoms. The summed E-state index contributed by atoms with van der Waals surface area (Å²) in [5.74, 6) is 0.954. The molecule has 0 unspecified atom stereocenters. The number of amidine groups is 1. The highest BCUT2D eigenvalue weighted by atomic mass is 32.1. The standard InChI is InChI=1S/C27H27N2S/c30-24-18-11-13-21(20-24)12-5-1-2-10-19-25-28-26(22-14-6-3-7-15-22)27(29-25)23-16-8-4-9-17-23/h3-4,6-9,11,13-18,20,30H,1-2,5,10,12,19H2. The van der Waals surface area contributed by atoms with Crippen LogP contribution in [0.5, 0.6) is 0 Å². The number of rotatable bonds is 9. The van der Waals surface area contributed by atoms with Gasteiger partial charge in [-0.2, -0.15) is 0 Å². The summed E-state index contributed by atoms with van der Waals surface area (Å²) < 4.78 is 0. The van der Waals surface area contributed by atoms with Gasteiger partial charge in [-0.25, -0.2) is 10.3 Å². The van der Waals surface area contributed by atoms with Crippen molar-refractivity contribution in [1.29, 1.82) is 0 Å². The van der Waals surface area contributed by atoms with E-state index in [2.05, 4.69) is 79.4 Å². The fourth-order valence-corrected chi connectivity index (χ4v) is 4.03. The van der Waals surface area contributed by atoms with E-state index in [1.165, 1.54) is 24.8 Å². The summed E-state index contributed by atoms with van der Waals surface area (Å²) >= 11 is 4.42. The van der Waals surface area contributed by atoms with Gasteiger partial charge in [0.1, 0.15) is 5.84 Å². The highest BCUT2D eigenvalue weighted by molar-refractivity contribution is 7.80. The van der Waals surface area contributed by atoms with Gasteiger partial charge in [-0.05, 0) is 37.0 Å². The largest absolute Gasteiger partial charge is 0.231 e. The van der Waals surface area contributed by atoms with Crippen molar-refractivity contribution in [3.63, 3.8) is 0 Å². The number of aryl methyl sites for hydroxylation is 1. The average Bonchev–Trinajstić information content (AvgIpc) is 3.22. The molecule has 151 valence electrons. The zero-order chi connectivity index (χ0) is 20.6. The van der Waals surface area contributed by atoms with Crippen LogP contribution >= 0.6 is 12.6 Å². The van der Waals surface area contributed by atoms with E-state index in [-0.39, 0.29) is 0 Å². The van der Waals surface area contributed by atoms with Gasteiger partial charge < -0.3 is 0 Å². The smallest absolute Gasteiger partial charge is 0.129 e. The van der Waals surface area contributed by atoms with Gasteiger partial charge in [0, 0.05) is 22.4 Å². The third-order valence-electron chi connectivity index (χ3n) is 5.33. The van der Waals surface area contributed by atoms with Crippen LogP contribution in [0.25, 0.3) is 11.4 Å². The lowest BCUT2D eigenvalue weighted by molar-refractivity contribution is 0.650. The monoisotopic (exact) mass is 411 g/mol. The van der Waals surface area contributed by atoms with Crippen molar-refractivity contribution in [2.75, 3.05) is 0 Å². The first-order valence-corrected chi connectivity index (χ1v) is 11.2. The van der Waals surface area contributed by atoms with Crippen molar-refractivity contribution >= 4 is 29.9 Å². The Balaban J connectivity index is 1.31. The highest BCUT2D eigenvalue weighted by Crippen LogP contribution is 2.31. The molecule has 1 aliphatic heterocycles. The van der Waals surface area contributed by atoms with E-state index < -0.39 is 0 Å². The lowest BCUT2D eigenvalue weighted by Crippen LogP contribution is -2.10. The Morgan fingerprint density at radius 1 is 0.600 bits per heavy atom. The lowest BCUT2D eigenvalue weighted by atomic mass is 10.1. The summed E-state index contributed by atoms with van der Waals surface area (Å²) in [5, 5.41) is 4.91. The zero-order valence-electron chi connectivity index (χ0n) is 17.2. The molecule has 3 aromatic rings. The van der Waals surface area contributed by atoms with Crippen LogP contribution in [0.2, 0.25) is 0 Å². The zero-order valence-corrected chi connectivity index (χ0v) is 18.1. The van der Waals surface area contributed by atoms with Gasteiger partial charge in [-0.15, -0.1) is 12.6 Å². The van der Waals surface area contributed by atoms with Gasteiger partial charge in [0.25, 0.3) is 0 Å². The molecule has 0 saturated heterocycles. The fraction of sp³-hybridized carbons (Fsp3) is 0.222. The van der Waals surface area contributed by atoms with Crippen LogP contribution in [0.3, 0.4) is 0 Å². The number of benzene rings is 3. The third kappa shape index (κ3) is 5.43. The summed E-state index contributed by atoms with van der Waals surface area (Å²) in [6.07, 6.45) is 6.82. The SMILES string of the molecule is Sc1cccc(CCCCCCC2=NC(c3ccccc3)=C(c3ccccc3)[N]2)c1. The fourth-order valence-electron chi connectivity index (χ4n) is 3.77. The van der Waals surface area contributed by atoms with E-state index >= 15 is 0 Å². The summed E-state index contributed by atoms with van der Waals surface area (Å²) in [5.41, 5.74) is 5.61. The van der Waals surface area contributed by atoms with Crippen LogP contribution in [-0.4, -0.2) is 5.84 Å². The Hall–Kier alpha value is -2.78. The first kappa shape index (κ1) is 20.5. The molecule has 1 aliphatic rings. The van der Waals surface area contributed by atoms with Crippen molar-refractivity contribution in [3.8, 4) is 0 Å².